The van der Waals surface area contributed by atoms with Gasteiger partial charge in [0.2, 0.25) is 0 Å². The molecule has 0 spiro atoms. The fourth-order valence-electron chi connectivity index (χ4n) is 2.29. The molecule has 0 amide bonds. The number of ether oxygens (including phenoxy) is 2. The first-order valence-electron chi connectivity index (χ1n) is 6.79. The Balaban J connectivity index is 1.65. The third-order valence-corrected chi connectivity index (χ3v) is 4.91. The van der Waals surface area contributed by atoms with Gasteiger partial charge < -0.3 is 9.47 Å². The highest BCUT2D eigenvalue weighted by Crippen LogP contribution is 2.41. The molecule has 6 nitrogen and oxygen atoms in total. The van der Waals surface area contributed by atoms with Crippen molar-refractivity contribution < 1.29 is 26.7 Å². The molecule has 0 unspecified atom stereocenters. The number of sulfone groups is 1. The molecule has 0 saturated heterocycles. The van der Waals surface area contributed by atoms with Crippen molar-refractivity contribution in [2.75, 3.05) is 5.75 Å². The van der Waals surface area contributed by atoms with Crippen LogP contribution in [0.5, 0.6) is 11.5 Å². The third kappa shape index (κ3) is 3.79. The fourth-order valence-corrected chi connectivity index (χ4v) is 3.64. The van der Waals surface area contributed by atoms with E-state index < -0.39 is 16.1 Å². The molecular formula is C14H14F2N2O4S. The van der Waals surface area contributed by atoms with Crippen molar-refractivity contribution in [2.24, 2.45) is 7.05 Å². The second-order valence-electron chi connectivity index (χ2n) is 5.31. The van der Waals surface area contributed by atoms with E-state index in [1.165, 1.54) is 23.0 Å². The van der Waals surface area contributed by atoms with E-state index in [-0.39, 0.29) is 29.4 Å². The average molecular weight is 344 g/mol. The number of aryl methyl sites for hydroxylation is 2. The smallest absolute Gasteiger partial charge is 0.395 e. The normalized spacial score (nSPS) is 15.8. The molecule has 2 heterocycles. The Kier molecular flexibility index (Phi) is 3.75. The van der Waals surface area contributed by atoms with Crippen LogP contribution in [0.25, 0.3) is 0 Å². The van der Waals surface area contributed by atoms with Crippen LogP contribution in [0.3, 0.4) is 0 Å². The van der Waals surface area contributed by atoms with Crippen LogP contribution in [-0.2, 0) is 29.1 Å². The maximum atomic E-state index is 12.9. The predicted molar refractivity (Wildman–Crippen MR) is 77.0 cm³/mol. The molecule has 0 radical (unpaired) electrons. The summed E-state index contributed by atoms with van der Waals surface area (Å²) in [7, 11) is -1.62. The van der Waals surface area contributed by atoms with Crippen molar-refractivity contribution in [1.82, 2.24) is 9.78 Å². The van der Waals surface area contributed by atoms with Crippen LogP contribution >= 0.6 is 0 Å². The zero-order valence-electron chi connectivity index (χ0n) is 12.2. The zero-order chi connectivity index (χ0) is 16.7. The number of hydrogen-bond donors (Lipinski definition) is 0. The van der Waals surface area contributed by atoms with E-state index in [4.69, 9.17) is 0 Å². The number of hydrogen-bond acceptors (Lipinski definition) is 5. The minimum absolute atomic E-state index is 0.0584. The topological polar surface area (TPSA) is 70.4 Å². The predicted octanol–water partition coefficient (Wildman–Crippen LogP) is 1.90. The summed E-state index contributed by atoms with van der Waals surface area (Å²) in [6.45, 7) is 0. The first-order chi connectivity index (χ1) is 10.7. The van der Waals surface area contributed by atoms with Crippen molar-refractivity contribution in [2.45, 2.75) is 18.5 Å². The molecule has 1 aromatic carbocycles. The lowest BCUT2D eigenvalue weighted by Gasteiger charge is -2.05. The van der Waals surface area contributed by atoms with E-state index in [0.29, 0.717) is 11.1 Å². The van der Waals surface area contributed by atoms with Crippen LogP contribution in [0.15, 0.2) is 30.6 Å². The van der Waals surface area contributed by atoms with Gasteiger partial charge in [-0.05, 0) is 24.1 Å². The molecule has 23 heavy (non-hydrogen) atoms. The number of fused-ring (bicyclic) bond motifs is 1. The first-order valence-corrected chi connectivity index (χ1v) is 8.61. The Hall–Kier alpha value is -2.16. The minimum Gasteiger partial charge on any atom is -0.395 e. The van der Waals surface area contributed by atoms with Gasteiger partial charge >= 0.3 is 6.29 Å². The molecular weight excluding hydrogens is 330 g/mol. The lowest BCUT2D eigenvalue weighted by atomic mass is 10.1. The number of benzene rings is 1. The summed E-state index contributed by atoms with van der Waals surface area (Å²) in [5, 5.41) is 3.92. The van der Waals surface area contributed by atoms with Gasteiger partial charge in [-0.1, -0.05) is 6.07 Å². The monoisotopic (exact) mass is 344 g/mol. The molecule has 3 rings (SSSR count). The Bertz CT molecular complexity index is 833. The molecule has 0 fully saturated rings. The summed E-state index contributed by atoms with van der Waals surface area (Å²) < 4.78 is 60.3. The Morgan fingerprint density at radius 2 is 1.96 bits per heavy atom. The van der Waals surface area contributed by atoms with E-state index in [1.54, 1.807) is 19.3 Å². The van der Waals surface area contributed by atoms with Crippen LogP contribution < -0.4 is 9.47 Å². The van der Waals surface area contributed by atoms with Gasteiger partial charge in [-0.25, -0.2) is 8.42 Å². The van der Waals surface area contributed by atoms with E-state index in [0.717, 1.165) is 0 Å². The van der Waals surface area contributed by atoms with Gasteiger partial charge in [-0.15, -0.1) is 8.78 Å². The van der Waals surface area contributed by atoms with Crippen molar-refractivity contribution in [3.8, 4) is 11.5 Å². The number of nitrogens with zero attached hydrogens (tertiary/aromatic N) is 2. The van der Waals surface area contributed by atoms with E-state index >= 15 is 0 Å². The van der Waals surface area contributed by atoms with E-state index in [1.807, 2.05) is 0 Å². The molecule has 9 heteroatoms. The third-order valence-electron chi connectivity index (χ3n) is 3.31. The van der Waals surface area contributed by atoms with Gasteiger partial charge in [0.15, 0.2) is 21.3 Å². The summed E-state index contributed by atoms with van der Waals surface area (Å²) in [6.07, 6.45) is -0.335. The average Bonchev–Trinajstić information content (AvgIpc) is 2.96. The standard InChI is InChI=1S/C14H14F2N2O4S/c1-18-8-11(7-17-18)9-23(19,20)5-4-10-2-3-12-13(6-10)22-14(15,16)21-12/h2-3,6-8H,4-5,9H2,1H3. The van der Waals surface area contributed by atoms with Crippen molar-refractivity contribution in [3.05, 3.63) is 41.7 Å². The lowest BCUT2D eigenvalue weighted by molar-refractivity contribution is -0.286. The van der Waals surface area contributed by atoms with Crippen molar-refractivity contribution >= 4 is 9.84 Å². The van der Waals surface area contributed by atoms with Crippen LogP contribution in [0.2, 0.25) is 0 Å². The Morgan fingerprint density at radius 3 is 2.65 bits per heavy atom. The van der Waals surface area contributed by atoms with Gasteiger partial charge in [0.1, 0.15) is 0 Å². The van der Waals surface area contributed by atoms with Crippen LogP contribution in [0.1, 0.15) is 11.1 Å². The number of rotatable bonds is 5. The van der Waals surface area contributed by atoms with E-state index in [2.05, 4.69) is 14.6 Å². The van der Waals surface area contributed by atoms with Gasteiger partial charge in [-0.3, -0.25) is 4.68 Å². The lowest BCUT2D eigenvalue weighted by Crippen LogP contribution is -2.25. The number of alkyl halides is 2. The first kappa shape index (κ1) is 15.7. The second-order valence-corrected chi connectivity index (χ2v) is 7.50. The SMILES string of the molecule is Cn1cc(CS(=O)(=O)CCc2ccc3c(c2)OC(F)(F)O3)cn1. The number of halogens is 2. The minimum atomic E-state index is -3.67. The molecule has 1 aliphatic rings. The molecule has 124 valence electrons. The molecule has 0 aliphatic carbocycles. The molecule has 0 atom stereocenters. The van der Waals surface area contributed by atoms with Gasteiger partial charge in [0.05, 0.1) is 17.7 Å². The van der Waals surface area contributed by atoms with Crippen LogP contribution in [0, 0.1) is 0 Å². The summed E-state index contributed by atoms with van der Waals surface area (Å²) in [5.74, 6) is -0.351. The summed E-state index contributed by atoms with van der Waals surface area (Å²) in [6, 6.07) is 4.26. The van der Waals surface area contributed by atoms with Crippen LogP contribution in [0.4, 0.5) is 8.78 Å². The summed E-state index contributed by atoms with van der Waals surface area (Å²) >= 11 is 0. The fraction of sp³-hybridized carbons (Fsp3) is 0.357. The maximum absolute atomic E-state index is 12.9. The summed E-state index contributed by atoms with van der Waals surface area (Å²) in [4.78, 5) is 0. The highest BCUT2D eigenvalue weighted by molar-refractivity contribution is 7.90. The van der Waals surface area contributed by atoms with Gasteiger partial charge in [-0.2, -0.15) is 5.10 Å². The largest absolute Gasteiger partial charge is 0.586 e. The highest BCUT2D eigenvalue weighted by atomic mass is 32.2. The van der Waals surface area contributed by atoms with Crippen molar-refractivity contribution in [1.29, 1.82) is 0 Å². The highest BCUT2D eigenvalue weighted by Gasteiger charge is 2.43. The molecule has 0 N–H and O–H groups in total. The van der Waals surface area contributed by atoms with E-state index in [9.17, 15) is 17.2 Å². The molecule has 2 aromatic rings. The quantitative estimate of drug-likeness (QED) is 0.828. The Labute approximate surface area is 131 Å². The maximum Gasteiger partial charge on any atom is 0.586 e. The second kappa shape index (κ2) is 5.48. The molecule has 0 saturated carbocycles. The molecule has 1 aliphatic heterocycles. The van der Waals surface area contributed by atoms with Gasteiger partial charge in [0.25, 0.3) is 0 Å². The number of aromatic nitrogens is 2. The molecule has 0 bridgehead atoms. The van der Waals surface area contributed by atoms with Crippen molar-refractivity contribution in [3.63, 3.8) is 0 Å². The summed E-state index contributed by atoms with van der Waals surface area (Å²) in [5.41, 5.74) is 1.19. The van der Waals surface area contributed by atoms with Crippen LogP contribution in [-0.4, -0.2) is 30.2 Å². The zero-order valence-corrected chi connectivity index (χ0v) is 13.0. The van der Waals surface area contributed by atoms with Gasteiger partial charge in [0, 0.05) is 18.8 Å². The Morgan fingerprint density at radius 1 is 1.22 bits per heavy atom. The molecule has 1 aromatic heterocycles.